The average Bonchev–Trinajstić information content (AvgIpc) is 3.22. The van der Waals surface area contributed by atoms with E-state index in [1.54, 1.807) is 13.0 Å². The zero-order valence-electron chi connectivity index (χ0n) is 16.9. The van der Waals surface area contributed by atoms with Crippen LogP contribution in [0.3, 0.4) is 0 Å². The van der Waals surface area contributed by atoms with Crippen LogP contribution in [0.2, 0.25) is 0 Å². The van der Waals surface area contributed by atoms with Gasteiger partial charge < -0.3 is 14.8 Å². The van der Waals surface area contributed by atoms with E-state index in [2.05, 4.69) is 5.32 Å². The Hall–Kier alpha value is -4.05. The van der Waals surface area contributed by atoms with Crippen LogP contribution < -0.4 is 5.32 Å². The molecule has 0 radical (unpaired) electrons. The van der Waals surface area contributed by atoms with Crippen LogP contribution in [0.1, 0.15) is 27.0 Å². The Morgan fingerprint density at radius 3 is 2.38 bits per heavy atom. The highest BCUT2D eigenvalue weighted by Gasteiger charge is 2.23. The monoisotopic (exact) mass is 454 g/mol. The Bertz CT molecular complexity index is 1160. The van der Waals surface area contributed by atoms with Crippen molar-refractivity contribution in [3.63, 3.8) is 0 Å². The van der Waals surface area contributed by atoms with Gasteiger partial charge in [-0.3, -0.25) is 14.9 Å². The van der Waals surface area contributed by atoms with Crippen molar-refractivity contribution >= 4 is 40.6 Å². The van der Waals surface area contributed by atoms with E-state index in [0.29, 0.717) is 0 Å². The SMILES string of the molecule is CCOC(=O)c1sc(-c2ccccc2)cc1NC(=O)COC(=O)c1ccccc1[N+](=O)[O-]. The number of rotatable bonds is 8. The molecule has 0 saturated carbocycles. The van der Waals surface area contributed by atoms with Gasteiger partial charge in [0.15, 0.2) is 6.61 Å². The predicted octanol–water partition coefficient (Wildman–Crippen LogP) is 4.30. The van der Waals surface area contributed by atoms with Gasteiger partial charge in [-0.2, -0.15) is 0 Å². The number of hydrogen-bond donors (Lipinski definition) is 1. The minimum atomic E-state index is -1.01. The second-order valence-electron chi connectivity index (χ2n) is 6.34. The lowest BCUT2D eigenvalue weighted by Gasteiger charge is -2.07. The van der Waals surface area contributed by atoms with Gasteiger partial charge in [0.2, 0.25) is 0 Å². The molecule has 9 nitrogen and oxygen atoms in total. The molecule has 1 N–H and O–H groups in total. The molecule has 0 bridgehead atoms. The molecule has 10 heteroatoms. The summed E-state index contributed by atoms with van der Waals surface area (Å²) in [6.45, 7) is 1.14. The van der Waals surface area contributed by atoms with Gasteiger partial charge in [-0.25, -0.2) is 9.59 Å². The summed E-state index contributed by atoms with van der Waals surface area (Å²) < 4.78 is 9.99. The first kappa shape index (κ1) is 22.6. The summed E-state index contributed by atoms with van der Waals surface area (Å²) in [4.78, 5) is 48.2. The summed E-state index contributed by atoms with van der Waals surface area (Å²) in [6.07, 6.45) is 0. The number of nitro groups is 1. The van der Waals surface area contributed by atoms with Crippen molar-refractivity contribution in [2.45, 2.75) is 6.92 Å². The van der Waals surface area contributed by atoms with Gasteiger partial charge in [-0.1, -0.05) is 42.5 Å². The number of anilines is 1. The van der Waals surface area contributed by atoms with Gasteiger partial charge in [-0.15, -0.1) is 11.3 Å². The molecule has 0 aliphatic rings. The fraction of sp³-hybridized carbons (Fsp3) is 0.136. The van der Waals surface area contributed by atoms with E-state index in [4.69, 9.17) is 9.47 Å². The average molecular weight is 454 g/mol. The van der Waals surface area contributed by atoms with Crippen molar-refractivity contribution in [2.75, 3.05) is 18.5 Å². The van der Waals surface area contributed by atoms with Crippen molar-refractivity contribution in [3.05, 3.63) is 81.2 Å². The summed E-state index contributed by atoms with van der Waals surface area (Å²) >= 11 is 1.16. The van der Waals surface area contributed by atoms with Crippen LogP contribution in [0.15, 0.2) is 60.7 Å². The second kappa shape index (κ2) is 10.3. The largest absolute Gasteiger partial charge is 0.462 e. The zero-order chi connectivity index (χ0) is 23.1. The topological polar surface area (TPSA) is 125 Å². The van der Waals surface area contributed by atoms with E-state index in [0.717, 1.165) is 21.8 Å². The van der Waals surface area contributed by atoms with Crippen LogP contribution in [0, 0.1) is 10.1 Å². The molecule has 3 rings (SSSR count). The molecule has 0 aliphatic carbocycles. The molecule has 3 aromatic rings. The number of nitro benzene ring substituents is 1. The van der Waals surface area contributed by atoms with Gasteiger partial charge in [-0.05, 0) is 24.6 Å². The number of benzene rings is 2. The molecule has 0 aliphatic heterocycles. The number of para-hydroxylation sites is 1. The van der Waals surface area contributed by atoms with Gasteiger partial charge >= 0.3 is 11.9 Å². The van der Waals surface area contributed by atoms with Crippen molar-refractivity contribution in [3.8, 4) is 10.4 Å². The van der Waals surface area contributed by atoms with Crippen molar-refractivity contribution in [2.24, 2.45) is 0 Å². The van der Waals surface area contributed by atoms with E-state index in [9.17, 15) is 24.5 Å². The van der Waals surface area contributed by atoms with Crippen LogP contribution >= 0.6 is 11.3 Å². The number of esters is 2. The highest BCUT2D eigenvalue weighted by atomic mass is 32.1. The summed E-state index contributed by atoms with van der Waals surface area (Å²) in [7, 11) is 0. The number of hydrogen-bond acceptors (Lipinski definition) is 8. The summed E-state index contributed by atoms with van der Waals surface area (Å²) in [5.74, 6) is -2.31. The number of thiophene rings is 1. The molecule has 0 fully saturated rings. The van der Waals surface area contributed by atoms with E-state index in [-0.39, 0.29) is 22.7 Å². The minimum Gasteiger partial charge on any atom is -0.462 e. The van der Waals surface area contributed by atoms with Crippen LogP contribution in [0.4, 0.5) is 11.4 Å². The Kier molecular flexibility index (Phi) is 7.29. The molecule has 1 aromatic heterocycles. The van der Waals surface area contributed by atoms with Crippen molar-refractivity contribution in [1.29, 1.82) is 0 Å². The first-order chi connectivity index (χ1) is 15.4. The fourth-order valence-corrected chi connectivity index (χ4v) is 3.79. The second-order valence-corrected chi connectivity index (χ2v) is 7.39. The van der Waals surface area contributed by atoms with Crippen LogP contribution in [-0.4, -0.2) is 36.0 Å². The van der Waals surface area contributed by atoms with Crippen LogP contribution in [0.5, 0.6) is 0 Å². The minimum absolute atomic E-state index is 0.165. The molecular formula is C22H18N2O7S. The Balaban J connectivity index is 1.74. The lowest BCUT2D eigenvalue weighted by molar-refractivity contribution is -0.385. The highest BCUT2D eigenvalue weighted by molar-refractivity contribution is 7.18. The Morgan fingerprint density at radius 1 is 1.00 bits per heavy atom. The van der Waals surface area contributed by atoms with Crippen molar-refractivity contribution < 1.29 is 28.8 Å². The third kappa shape index (κ3) is 5.35. The third-order valence-electron chi connectivity index (χ3n) is 4.18. The number of ether oxygens (including phenoxy) is 2. The molecule has 0 saturated heterocycles. The number of amides is 1. The smallest absolute Gasteiger partial charge is 0.350 e. The van der Waals surface area contributed by atoms with Gasteiger partial charge in [0.05, 0.1) is 17.2 Å². The molecule has 164 valence electrons. The lowest BCUT2D eigenvalue weighted by atomic mass is 10.2. The standard InChI is InChI=1S/C22H18N2O7S/c1-2-30-22(27)20-16(12-18(32-20)14-8-4-3-5-9-14)23-19(25)13-31-21(26)15-10-6-7-11-17(15)24(28)29/h3-12H,2,13H2,1H3,(H,23,25). The lowest BCUT2D eigenvalue weighted by Crippen LogP contribution is -2.22. The Morgan fingerprint density at radius 2 is 1.69 bits per heavy atom. The highest BCUT2D eigenvalue weighted by Crippen LogP contribution is 2.35. The van der Waals surface area contributed by atoms with Gasteiger partial charge in [0.1, 0.15) is 10.4 Å². The molecule has 0 unspecified atom stereocenters. The molecular weight excluding hydrogens is 436 g/mol. The maximum atomic E-state index is 12.4. The first-order valence-electron chi connectivity index (χ1n) is 9.47. The van der Waals surface area contributed by atoms with Crippen molar-refractivity contribution in [1.82, 2.24) is 0 Å². The third-order valence-corrected chi connectivity index (χ3v) is 5.34. The number of carbonyl (C=O) groups is 3. The van der Waals surface area contributed by atoms with Crippen LogP contribution in [0.25, 0.3) is 10.4 Å². The summed E-state index contributed by atoms with van der Waals surface area (Å²) in [6, 6.07) is 16.2. The molecule has 2 aromatic carbocycles. The number of nitrogens with one attached hydrogen (secondary N) is 1. The molecule has 0 atom stereocenters. The van der Waals surface area contributed by atoms with E-state index < -0.39 is 35.1 Å². The first-order valence-corrected chi connectivity index (χ1v) is 10.3. The van der Waals surface area contributed by atoms with Crippen LogP contribution in [-0.2, 0) is 14.3 Å². The summed E-state index contributed by atoms with van der Waals surface area (Å²) in [5.41, 5.74) is 0.387. The van der Waals surface area contributed by atoms with Gasteiger partial charge in [0, 0.05) is 10.9 Å². The van der Waals surface area contributed by atoms with E-state index >= 15 is 0 Å². The molecule has 1 amide bonds. The summed E-state index contributed by atoms with van der Waals surface area (Å²) in [5, 5.41) is 13.6. The quantitative estimate of drug-likeness (QED) is 0.306. The molecule has 0 spiro atoms. The maximum absolute atomic E-state index is 12.4. The van der Waals surface area contributed by atoms with E-state index in [1.807, 2.05) is 30.3 Å². The maximum Gasteiger partial charge on any atom is 0.350 e. The zero-order valence-corrected chi connectivity index (χ0v) is 17.7. The normalized spacial score (nSPS) is 10.3. The Labute approximate surface area is 186 Å². The molecule has 1 heterocycles. The number of nitrogens with zero attached hydrogens (tertiary/aromatic N) is 1. The van der Waals surface area contributed by atoms with E-state index in [1.165, 1.54) is 24.3 Å². The molecule has 32 heavy (non-hydrogen) atoms. The number of carbonyl (C=O) groups excluding carboxylic acids is 3. The predicted molar refractivity (Wildman–Crippen MR) is 118 cm³/mol. The van der Waals surface area contributed by atoms with Gasteiger partial charge in [0.25, 0.3) is 11.6 Å². The fourth-order valence-electron chi connectivity index (χ4n) is 2.78.